The van der Waals surface area contributed by atoms with Gasteiger partial charge in [0.15, 0.2) is 0 Å². The molecular formula is C12H19NO2S. The number of thioether (sulfide) groups is 1. The van der Waals surface area contributed by atoms with E-state index in [2.05, 4.69) is 4.98 Å². The van der Waals surface area contributed by atoms with Crippen LogP contribution in [0.4, 0.5) is 0 Å². The number of hydrogen-bond acceptors (Lipinski definition) is 4. The van der Waals surface area contributed by atoms with Gasteiger partial charge in [-0.15, -0.1) is 0 Å². The molecule has 1 aliphatic heterocycles. The van der Waals surface area contributed by atoms with E-state index in [9.17, 15) is 0 Å². The summed E-state index contributed by atoms with van der Waals surface area (Å²) in [7, 11) is 0. The Kier molecular flexibility index (Phi) is 5.22. The number of aromatic nitrogens is 1. The summed E-state index contributed by atoms with van der Waals surface area (Å²) in [6.45, 7) is 1.94. The van der Waals surface area contributed by atoms with Gasteiger partial charge in [0.1, 0.15) is 6.26 Å². The second-order valence-corrected chi connectivity index (χ2v) is 5.24. The van der Waals surface area contributed by atoms with Gasteiger partial charge in [0.05, 0.1) is 6.20 Å². The van der Waals surface area contributed by atoms with Crippen molar-refractivity contribution in [3.05, 3.63) is 12.5 Å². The van der Waals surface area contributed by atoms with Crippen molar-refractivity contribution in [2.24, 2.45) is 5.92 Å². The Hall–Kier alpha value is -0.480. The van der Waals surface area contributed by atoms with Gasteiger partial charge in [-0.2, -0.15) is 0 Å². The van der Waals surface area contributed by atoms with Crippen molar-refractivity contribution in [1.82, 2.24) is 4.98 Å². The van der Waals surface area contributed by atoms with Crippen LogP contribution in [0.3, 0.4) is 0 Å². The monoisotopic (exact) mass is 241 g/mol. The molecule has 0 radical (unpaired) electrons. The normalized spacial score (nSPS) is 17.8. The highest BCUT2D eigenvalue weighted by molar-refractivity contribution is 7.99. The maximum Gasteiger partial charge on any atom is 0.255 e. The second-order valence-electron chi connectivity index (χ2n) is 4.20. The molecule has 2 heterocycles. The van der Waals surface area contributed by atoms with Crippen molar-refractivity contribution in [3.63, 3.8) is 0 Å². The number of unbranched alkanes of at least 4 members (excludes halogenated alkanes) is 1. The Balaban J connectivity index is 1.48. The van der Waals surface area contributed by atoms with Gasteiger partial charge in [0, 0.05) is 19.0 Å². The molecule has 0 atom stereocenters. The average Bonchev–Trinajstić information content (AvgIpc) is 2.83. The van der Waals surface area contributed by atoms with Crippen molar-refractivity contribution < 1.29 is 9.15 Å². The van der Waals surface area contributed by atoms with E-state index >= 15 is 0 Å². The molecule has 1 fully saturated rings. The summed E-state index contributed by atoms with van der Waals surface area (Å²) < 4.78 is 10.5. The van der Waals surface area contributed by atoms with E-state index in [0.717, 1.165) is 30.1 Å². The molecule has 0 spiro atoms. The van der Waals surface area contributed by atoms with E-state index in [1.54, 1.807) is 24.2 Å². The fourth-order valence-electron chi connectivity index (χ4n) is 2.01. The van der Waals surface area contributed by atoms with E-state index in [-0.39, 0.29) is 0 Å². The molecule has 0 unspecified atom stereocenters. The summed E-state index contributed by atoms with van der Waals surface area (Å²) in [5.41, 5.74) is 0. The van der Waals surface area contributed by atoms with E-state index < -0.39 is 0 Å². The predicted octanol–water partition coefficient (Wildman–Crippen LogP) is 3.36. The smallest absolute Gasteiger partial charge is 0.255 e. The van der Waals surface area contributed by atoms with Crippen molar-refractivity contribution in [1.29, 1.82) is 0 Å². The van der Waals surface area contributed by atoms with Gasteiger partial charge < -0.3 is 9.15 Å². The van der Waals surface area contributed by atoms with Gasteiger partial charge in [0.2, 0.25) is 0 Å². The van der Waals surface area contributed by atoms with Crippen LogP contribution in [0.2, 0.25) is 0 Å². The molecule has 16 heavy (non-hydrogen) atoms. The Bertz CT molecular complexity index is 271. The predicted molar refractivity (Wildman–Crippen MR) is 64.6 cm³/mol. The highest BCUT2D eigenvalue weighted by Gasteiger charge is 2.12. The third-order valence-electron chi connectivity index (χ3n) is 2.98. The largest absolute Gasteiger partial charge is 0.440 e. The Morgan fingerprint density at radius 1 is 1.31 bits per heavy atom. The fraction of sp³-hybridized carbons (Fsp3) is 0.750. The van der Waals surface area contributed by atoms with Crippen LogP contribution in [0, 0.1) is 5.92 Å². The van der Waals surface area contributed by atoms with Crippen LogP contribution in [-0.4, -0.2) is 24.0 Å². The lowest BCUT2D eigenvalue weighted by atomic mass is 9.94. The van der Waals surface area contributed by atoms with Crippen molar-refractivity contribution in [2.75, 3.05) is 19.0 Å². The highest BCUT2D eigenvalue weighted by atomic mass is 32.2. The molecule has 1 aromatic heterocycles. The summed E-state index contributed by atoms with van der Waals surface area (Å²) >= 11 is 1.71. The zero-order valence-electron chi connectivity index (χ0n) is 9.56. The second kappa shape index (κ2) is 6.97. The van der Waals surface area contributed by atoms with Crippen molar-refractivity contribution >= 4 is 11.8 Å². The molecule has 0 aliphatic carbocycles. The summed E-state index contributed by atoms with van der Waals surface area (Å²) in [5.74, 6) is 2.02. The quantitative estimate of drug-likeness (QED) is 0.565. The van der Waals surface area contributed by atoms with Crippen LogP contribution in [0.1, 0.15) is 32.1 Å². The molecule has 0 amide bonds. The van der Waals surface area contributed by atoms with Crippen LogP contribution in [0.15, 0.2) is 22.1 Å². The Morgan fingerprint density at radius 3 is 2.94 bits per heavy atom. The Morgan fingerprint density at radius 2 is 2.19 bits per heavy atom. The van der Waals surface area contributed by atoms with Crippen LogP contribution in [0.25, 0.3) is 0 Å². The first-order valence-corrected chi connectivity index (χ1v) is 7.04. The highest BCUT2D eigenvalue weighted by Crippen LogP contribution is 2.22. The molecule has 1 aromatic rings. The number of rotatable bonds is 6. The molecule has 1 saturated heterocycles. The van der Waals surface area contributed by atoms with Gasteiger partial charge in [-0.1, -0.05) is 24.6 Å². The van der Waals surface area contributed by atoms with Crippen molar-refractivity contribution in [2.45, 2.75) is 37.3 Å². The molecule has 4 heteroatoms. The molecule has 3 nitrogen and oxygen atoms in total. The van der Waals surface area contributed by atoms with E-state index in [1.807, 2.05) is 0 Å². The zero-order chi connectivity index (χ0) is 11.1. The molecule has 1 aliphatic rings. The number of hydrogen-bond donors (Lipinski definition) is 0. The van der Waals surface area contributed by atoms with Gasteiger partial charge in [-0.25, -0.2) is 4.98 Å². The molecule has 0 saturated carbocycles. The third kappa shape index (κ3) is 4.18. The first-order valence-electron chi connectivity index (χ1n) is 6.05. The topological polar surface area (TPSA) is 35.3 Å². The molecule has 0 aromatic carbocycles. The van der Waals surface area contributed by atoms with E-state index in [4.69, 9.17) is 9.15 Å². The van der Waals surface area contributed by atoms with Crippen LogP contribution in [-0.2, 0) is 4.74 Å². The minimum atomic E-state index is 0.797. The van der Waals surface area contributed by atoms with Crippen molar-refractivity contribution in [3.8, 4) is 0 Å². The lowest BCUT2D eigenvalue weighted by molar-refractivity contribution is 0.0633. The summed E-state index contributed by atoms with van der Waals surface area (Å²) in [5, 5.41) is 0.797. The minimum absolute atomic E-state index is 0.797. The summed E-state index contributed by atoms with van der Waals surface area (Å²) in [6.07, 6.45) is 9.77. The van der Waals surface area contributed by atoms with E-state index in [0.29, 0.717) is 0 Å². The third-order valence-corrected chi connectivity index (χ3v) is 3.92. The van der Waals surface area contributed by atoms with E-state index in [1.165, 1.54) is 32.1 Å². The average molecular weight is 241 g/mol. The maximum absolute atomic E-state index is 5.35. The standard InChI is InChI=1S/C12H19NO2S/c1(3-11-4-7-14-8-5-11)2-10-16-12-13-6-9-15-12/h6,9,11H,1-5,7-8,10H2. The number of ether oxygens (including phenoxy) is 1. The minimum Gasteiger partial charge on any atom is -0.440 e. The summed E-state index contributed by atoms with van der Waals surface area (Å²) in [4.78, 5) is 4.08. The Labute approximate surface area is 101 Å². The maximum atomic E-state index is 5.35. The zero-order valence-corrected chi connectivity index (χ0v) is 10.4. The molecule has 0 bridgehead atoms. The lowest BCUT2D eigenvalue weighted by Gasteiger charge is -2.21. The number of oxazole rings is 1. The summed E-state index contributed by atoms with van der Waals surface area (Å²) in [6, 6.07) is 0. The lowest BCUT2D eigenvalue weighted by Crippen LogP contribution is -2.15. The molecular weight excluding hydrogens is 222 g/mol. The number of nitrogens with zero attached hydrogens (tertiary/aromatic N) is 1. The fourth-order valence-corrected chi connectivity index (χ4v) is 2.79. The molecule has 2 rings (SSSR count). The van der Waals surface area contributed by atoms with Crippen LogP contribution in [0.5, 0.6) is 0 Å². The van der Waals surface area contributed by atoms with Crippen LogP contribution >= 0.6 is 11.8 Å². The molecule has 0 N–H and O–H groups in total. The van der Waals surface area contributed by atoms with Gasteiger partial charge in [-0.3, -0.25) is 0 Å². The first kappa shape index (κ1) is 12.0. The van der Waals surface area contributed by atoms with Gasteiger partial charge in [0.25, 0.3) is 5.22 Å². The van der Waals surface area contributed by atoms with Gasteiger partial charge in [-0.05, 0) is 25.2 Å². The molecule has 90 valence electrons. The van der Waals surface area contributed by atoms with Gasteiger partial charge >= 0.3 is 0 Å². The van der Waals surface area contributed by atoms with Crippen LogP contribution < -0.4 is 0 Å². The first-order chi connectivity index (χ1) is 7.95. The SMILES string of the molecule is c1coc(SCCCCC2CCOCC2)n1.